The van der Waals surface area contributed by atoms with E-state index in [1.165, 1.54) is 0 Å². The van der Waals surface area contributed by atoms with Crippen molar-refractivity contribution in [1.29, 1.82) is 0 Å². The Hall–Kier alpha value is -1.43. The number of rotatable bonds is 5. The first-order chi connectivity index (χ1) is 9.15. The minimum Gasteiger partial charge on any atom is -0.370 e. The number of nitrogens with one attached hydrogen (secondary N) is 1. The lowest BCUT2D eigenvalue weighted by molar-refractivity contribution is -0.122. The molecule has 1 unspecified atom stereocenters. The summed E-state index contributed by atoms with van der Waals surface area (Å²) in [6, 6.07) is 0. The highest BCUT2D eigenvalue weighted by Gasteiger charge is 2.35. The molecule has 19 heavy (non-hydrogen) atoms. The molecule has 0 spiro atoms. The molecule has 0 saturated carbocycles. The molecule has 6 nitrogen and oxygen atoms in total. The second-order valence-electron chi connectivity index (χ2n) is 4.90. The lowest BCUT2D eigenvalue weighted by Crippen LogP contribution is -2.33. The molecule has 1 saturated heterocycles. The van der Waals surface area contributed by atoms with Crippen molar-refractivity contribution in [2.75, 3.05) is 13.7 Å². The van der Waals surface area contributed by atoms with Gasteiger partial charge in [0.05, 0.1) is 0 Å². The van der Waals surface area contributed by atoms with Crippen molar-refractivity contribution in [2.24, 2.45) is 0 Å². The highest BCUT2D eigenvalue weighted by molar-refractivity contribution is 5.77. The van der Waals surface area contributed by atoms with Crippen molar-refractivity contribution in [3.8, 4) is 0 Å². The minimum atomic E-state index is -0.487. The van der Waals surface area contributed by atoms with Crippen LogP contribution < -0.4 is 5.32 Å². The van der Waals surface area contributed by atoms with Crippen molar-refractivity contribution in [3.05, 3.63) is 11.7 Å². The maximum Gasteiger partial charge on any atom is 0.230 e. The topological polar surface area (TPSA) is 77.3 Å². The number of piperidine rings is 1. The third kappa shape index (κ3) is 2.63. The Morgan fingerprint density at radius 2 is 2.21 bits per heavy atom. The summed E-state index contributed by atoms with van der Waals surface area (Å²) in [7, 11) is 1.66. The van der Waals surface area contributed by atoms with Gasteiger partial charge in [0.25, 0.3) is 0 Å². The number of carbonyl (C=O) groups excluding carboxylic acids is 1. The normalized spacial score (nSPS) is 20.4. The quantitative estimate of drug-likeness (QED) is 0.879. The van der Waals surface area contributed by atoms with Gasteiger partial charge >= 0.3 is 0 Å². The first kappa shape index (κ1) is 14.0. The summed E-state index contributed by atoms with van der Waals surface area (Å²) >= 11 is 0. The maximum atomic E-state index is 11.4. The monoisotopic (exact) mass is 267 g/mol. The lowest BCUT2D eigenvalue weighted by Gasteiger charge is -2.26. The fraction of sp³-hybridized carbons (Fsp3) is 0.769. The van der Waals surface area contributed by atoms with Crippen LogP contribution in [0.1, 0.15) is 57.2 Å². The summed E-state index contributed by atoms with van der Waals surface area (Å²) in [5.74, 6) is 1.20. The molecule has 0 aliphatic carbocycles. The molecule has 0 aromatic carbocycles. The Morgan fingerprint density at radius 3 is 2.79 bits per heavy atom. The summed E-state index contributed by atoms with van der Waals surface area (Å²) in [4.78, 5) is 15.9. The van der Waals surface area contributed by atoms with Gasteiger partial charge < -0.3 is 14.6 Å². The van der Waals surface area contributed by atoms with Crippen molar-refractivity contribution in [2.45, 2.75) is 51.0 Å². The number of hydrogen-bond acceptors (Lipinski definition) is 5. The van der Waals surface area contributed by atoms with Crippen LogP contribution in [0.25, 0.3) is 0 Å². The van der Waals surface area contributed by atoms with Gasteiger partial charge in [-0.2, -0.15) is 4.98 Å². The molecule has 1 aliphatic rings. The third-order valence-corrected chi connectivity index (χ3v) is 3.98. The largest absolute Gasteiger partial charge is 0.370 e. The first-order valence-corrected chi connectivity index (χ1v) is 6.81. The minimum absolute atomic E-state index is 0.0262. The Kier molecular flexibility index (Phi) is 4.19. The van der Waals surface area contributed by atoms with Gasteiger partial charge in [0.1, 0.15) is 5.60 Å². The zero-order chi connectivity index (χ0) is 13.9. The number of hydrogen-bond donors (Lipinski definition) is 1. The van der Waals surface area contributed by atoms with Gasteiger partial charge in [-0.1, -0.05) is 19.0 Å². The first-order valence-electron chi connectivity index (χ1n) is 6.81. The molecule has 1 fully saturated rings. The van der Waals surface area contributed by atoms with Gasteiger partial charge in [0.2, 0.25) is 17.6 Å². The molecule has 1 amide bonds. The van der Waals surface area contributed by atoms with E-state index in [1.807, 2.05) is 13.8 Å². The summed E-state index contributed by atoms with van der Waals surface area (Å²) < 4.78 is 10.9. The van der Waals surface area contributed by atoms with Gasteiger partial charge in [-0.15, -0.1) is 0 Å². The van der Waals surface area contributed by atoms with Crippen LogP contribution in [-0.4, -0.2) is 29.7 Å². The molecular weight excluding hydrogens is 246 g/mol. The van der Waals surface area contributed by atoms with Crippen LogP contribution in [0, 0.1) is 0 Å². The molecule has 0 radical (unpaired) electrons. The zero-order valence-electron chi connectivity index (χ0n) is 11.7. The molecule has 1 aromatic heterocycles. The van der Waals surface area contributed by atoms with E-state index in [4.69, 9.17) is 9.26 Å². The summed E-state index contributed by atoms with van der Waals surface area (Å²) in [6.45, 7) is 4.74. The van der Waals surface area contributed by atoms with Crippen LogP contribution in [0.3, 0.4) is 0 Å². The van der Waals surface area contributed by atoms with E-state index < -0.39 is 5.60 Å². The van der Waals surface area contributed by atoms with Gasteiger partial charge in [-0.3, -0.25) is 4.79 Å². The molecule has 2 rings (SSSR count). The van der Waals surface area contributed by atoms with E-state index >= 15 is 0 Å². The number of nitrogens with zero attached hydrogens (tertiary/aromatic N) is 2. The zero-order valence-corrected chi connectivity index (χ0v) is 11.7. The Balaban J connectivity index is 2.20. The SMILES string of the molecule is CCC(CC)(OC)c1noc(C2CCNC(=O)C2)n1. The number of carbonyl (C=O) groups is 1. The predicted octanol–water partition coefficient (Wildman–Crippen LogP) is 1.72. The Morgan fingerprint density at radius 1 is 1.47 bits per heavy atom. The fourth-order valence-corrected chi connectivity index (χ4v) is 2.53. The lowest BCUT2D eigenvalue weighted by atomic mass is 9.95. The van der Waals surface area contributed by atoms with E-state index in [0.29, 0.717) is 24.7 Å². The van der Waals surface area contributed by atoms with E-state index in [1.54, 1.807) is 7.11 Å². The second-order valence-corrected chi connectivity index (χ2v) is 4.90. The van der Waals surface area contributed by atoms with Gasteiger partial charge in [0.15, 0.2) is 0 Å². The standard InChI is InChI=1S/C13H21N3O3/c1-4-13(5-2,18-3)12-15-11(19-16-12)9-6-7-14-10(17)8-9/h9H,4-8H2,1-3H3,(H,14,17). The molecule has 6 heteroatoms. The van der Waals surface area contributed by atoms with Crippen LogP contribution in [0.2, 0.25) is 0 Å². The summed E-state index contributed by atoms with van der Waals surface area (Å²) in [5.41, 5.74) is -0.487. The number of ether oxygens (including phenoxy) is 1. The van der Waals surface area contributed by atoms with Crippen LogP contribution >= 0.6 is 0 Å². The fourth-order valence-electron chi connectivity index (χ4n) is 2.53. The predicted molar refractivity (Wildman–Crippen MR) is 68.6 cm³/mol. The molecule has 1 aliphatic heterocycles. The molecule has 1 N–H and O–H groups in total. The van der Waals surface area contributed by atoms with Gasteiger partial charge in [-0.05, 0) is 19.3 Å². The second kappa shape index (κ2) is 5.69. The summed E-state index contributed by atoms with van der Waals surface area (Å²) in [5, 5.41) is 6.86. The molecular formula is C13H21N3O3. The van der Waals surface area contributed by atoms with Crippen LogP contribution in [-0.2, 0) is 15.1 Å². The van der Waals surface area contributed by atoms with E-state index in [9.17, 15) is 4.79 Å². The average Bonchev–Trinajstić information content (AvgIpc) is 2.92. The molecule has 1 atom stereocenters. The number of amides is 1. The summed E-state index contributed by atoms with van der Waals surface area (Å²) in [6.07, 6.45) is 2.82. The van der Waals surface area contributed by atoms with Crippen molar-refractivity contribution in [1.82, 2.24) is 15.5 Å². The van der Waals surface area contributed by atoms with E-state index in [2.05, 4.69) is 15.5 Å². The van der Waals surface area contributed by atoms with E-state index in [-0.39, 0.29) is 11.8 Å². The van der Waals surface area contributed by atoms with Crippen LogP contribution in [0.5, 0.6) is 0 Å². The van der Waals surface area contributed by atoms with Crippen LogP contribution in [0.15, 0.2) is 4.52 Å². The van der Waals surface area contributed by atoms with Crippen LogP contribution in [0.4, 0.5) is 0 Å². The highest BCUT2D eigenvalue weighted by atomic mass is 16.5. The average molecular weight is 267 g/mol. The number of aromatic nitrogens is 2. The maximum absolute atomic E-state index is 11.4. The molecule has 106 valence electrons. The van der Waals surface area contributed by atoms with Crippen molar-refractivity contribution in [3.63, 3.8) is 0 Å². The molecule has 1 aromatic rings. The molecule has 2 heterocycles. The Labute approximate surface area is 112 Å². The van der Waals surface area contributed by atoms with Gasteiger partial charge in [0, 0.05) is 26.0 Å². The smallest absolute Gasteiger partial charge is 0.230 e. The van der Waals surface area contributed by atoms with E-state index in [0.717, 1.165) is 19.3 Å². The molecule has 0 bridgehead atoms. The highest BCUT2D eigenvalue weighted by Crippen LogP contribution is 2.32. The number of methoxy groups -OCH3 is 1. The van der Waals surface area contributed by atoms with Crippen molar-refractivity contribution >= 4 is 5.91 Å². The third-order valence-electron chi connectivity index (χ3n) is 3.98. The Bertz CT molecular complexity index is 432. The van der Waals surface area contributed by atoms with Gasteiger partial charge in [-0.25, -0.2) is 0 Å². The van der Waals surface area contributed by atoms with Crippen molar-refractivity contribution < 1.29 is 14.1 Å².